The number of amides is 2. The minimum Gasteiger partial charge on any atom is -0.339 e. The van der Waals surface area contributed by atoms with Crippen LogP contribution >= 0.6 is 11.8 Å². The van der Waals surface area contributed by atoms with Gasteiger partial charge in [0.05, 0.1) is 5.75 Å². The van der Waals surface area contributed by atoms with Gasteiger partial charge in [-0.1, -0.05) is 17.8 Å². The Labute approximate surface area is 173 Å². The summed E-state index contributed by atoms with van der Waals surface area (Å²) in [5.41, 5.74) is 2.98. The SMILES string of the molecule is CCN(CC)C(=O)c1cccc(NC(=O)CSc2nnc3nc(C)cc(C)n23)c1. The predicted octanol–water partition coefficient (Wildman–Crippen LogP) is 2.95. The summed E-state index contributed by atoms with van der Waals surface area (Å²) >= 11 is 1.29. The van der Waals surface area contributed by atoms with Gasteiger partial charge in [0.2, 0.25) is 5.91 Å². The zero-order valence-electron chi connectivity index (χ0n) is 17.0. The van der Waals surface area contributed by atoms with Crippen LogP contribution in [0.1, 0.15) is 35.6 Å². The van der Waals surface area contributed by atoms with Crippen LogP contribution in [0.3, 0.4) is 0 Å². The molecule has 0 saturated carbocycles. The Bertz CT molecular complexity index is 1040. The second kappa shape index (κ2) is 9.04. The number of anilines is 1. The molecule has 9 heteroatoms. The van der Waals surface area contributed by atoms with E-state index in [2.05, 4.69) is 20.5 Å². The molecule has 0 aliphatic rings. The maximum atomic E-state index is 12.5. The summed E-state index contributed by atoms with van der Waals surface area (Å²) in [5.74, 6) is 0.459. The molecule has 3 rings (SSSR count). The summed E-state index contributed by atoms with van der Waals surface area (Å²) in [6, 6.07) is 8.93. The fourth-order valence-corrected chi connectivity index (χ4v) is 3.83. The molecule has 152 valence electrons. The number of thioether (sulfide) groups is 1. The van der Waals surface area contributed by atoms with Crippen molar-refractivity contribution in [3.8, 4) is 0 Å². The summed E-state index contributed by atoms with van der Waals surface area (Å²) in [5, 5.41) is 11.7. The standard InChI is InChI=1S/C20H24N6O2S/c1-5-25(6-2)18(28)15-8-7-9-16(11-15)22-17(27)12-29-20-24-23-19-21-13(3)10-14(4)26(19)20/h7-11H,5-6,12H2,1-4H3,(H,22,27). The molecule has 0 aliphatic carbocycles. The largest absolute Gasteiger partial charge is 0.339 e. The fraction of sp³-hybridized carbons (Fsp3) is 0.350. The monoisotopic (exact) mass is 412 g/mol. The molecule has 0 aliphatic heterocycles. The van der Waals surface area contributed by atoms with Crippen LogP contribution in [0.4, 0.5) is 5.69 Å². The highest BCUT2D eigenvalue weighted by Gasteiger charge is 2.15. The lowest BCUT2D eigenvalue weighted by atomic mass is 10.1. The number of nitrogens with zero attached hydrogens (tertiary/aromatic N) is 5. The van der Waals surface area contributed by atoms with E-state index in [1.807, 2.05) is 38.2 Å². The van der Waals surface area contributed by atoms with Gasteiger partial charge in [0, 0.05) is 35.7 Å². The predicted molar refractivity (Wildman–Crippen MR) is 113 cm³/mol. The number of fused-ring (bicyclic) bond motifs is 1. The lowest BCUT2D eigenvalue weighted by Crippen LogP contribution is -2.30. The lowest BCUT2D eigenvalue weighted by molar-refractivity contribution is -0.113. The third kappa shape index (κ3) is 4.73. The quantitative estimate of drug-likeness (QED) is 0.600. The molecule has 2 amide bonds. The highest BCUT2D eigenvalue weighted by Crippen LogP contribution is 2.19. The van der Waals surface area contributed by atoms with Crippen LogP contribution in [0.5, 0.6) is 0 Å². The first kappa shape index (κ1) is 20.8. The number of hydrogen-bond donors (Lipinski definition) is 1. The highest BCUT2D eigenvalue weighted by atomic mass is 32.2. The fourth-order valence-electron chi connectivity index (χ4n) is 3.04. The van der Waals surface area contributed by atoms with Crippen LogP contribution in [0, 0.1) is 13.8 Å². The molecule has 1 N–H and O–H groups in total. The molecule has 1 aromatic carbocycles. The van der Waals surface area contributed by atoms with E-state index >= 15 is 0 Å². The zero-order chi connectivity index (χ0) is 21.0. The maximum absolute atomic E-state index is 12.5. The number of aromatic nitrogens is 4. The number of aryl methyl sites for hydroxylation is 2. The number of nitrogens with one attached hydrogen (secondary N) is 1. The lowest BCUT2D eigenvalue weighted by Gasteiger charge is -2.19. The molecular formula is C20H24N6O2S. The van der Waals surface area contributed by atoms with E-state index in [0.29, 0.717) is 35.3 Å². The Balaban J connectivity index is 1.66. The van der Waals surface area contributed by atoms with Crippen LogP contribution < -0.4 is 5.32 Å². The summed E-state index contributed by atoms with van der Waals surface area (Å²) in [6.45, 7) is 9.02. The molecule has 2 heterocycles. The third-order valence-corrected chi connectivity index (χ3v) is 5.37. The average Bonchev–Trinajstić information content (AvgIpc) is 3.10. The molecule has 0 saturated heterocycles. The Morgan fingerprint density at radius 1 is 1.14 bits per heavy atom. The number of benzene rings is 1. The van der Waals surface area contributed by atoms with Crippen LogP contribution in [0.25, 0.3) is 5.78 Å². The number of carbonyl (C=O) groups is 2. The maximum Gasteiger partial charge on any atom is 0.256 e. The Morgan fingerprint density at radius 2 is 1.90 bits per heavy atom. The molecule has 8 nitrogen and oxygen atoms in total. The molecule has 0 bridgehead atoms. The van der Waals surface area contributed by atoms with E-state index in [-0.39, 0.29) is 17.6 Å². The van der Waals surface area contributed by atoms with Crippen LogP contribution in [-0.2, 0) is 4.79 Å². The molecule has 2 aromatic heterocycles. The zero-order valence-corrected chi connectivity index (χ0v) is 17.8. The minimum atomic E-state index is -0.183. The van der Waals surface area contributed by atoms with Gasteiger partial charge in [0.15, 0.2) is 5.16 Å². The Kier molecular flexibility index (Phi) is 6.48. The second-order valence-electron chi connectivity index (χ2n) is 6.55. The van der Waals surface area contributed by atoms with Crippen molar-refractivity contribution in [2.45, 2.75) is 32.9 Å². The summed E-state index contributed by atoms with van der Waals surface area (Å²) in [7, 11) is 0. The molecule has 0 unspecified atom stereocenters. The van der Waals surface area contributed by atoms with Crippen LogP contribution in [0.2, 0.25) is 0 Å². The highest BCUT2D eigenvalue weighted by molar-refractivity contribution is 7.99. The van der Waals surface area contributed by atoms with Gasteiger partial charge in [0.1, 0.15) is 0 Å². The van der Waals surface area contributed by atoms with Crippen molar-refractivity contribution in [3.63, 3.8) is 0 Å². The third-order valence-electron chi connectivity index (χ3n) is 4.44. The smallest absolute Gasteiger partial charge is 0.256 e. The molecule has 0 spiro atoms. The van der Waals surface area contributed by atoms with E-state index in [1.165, 1.54) is 11.8 Å². The Morgan fingerprint density at radius 3 is 2.62 bits per heavy atom. The minimum absolute atomic E-state index is 0.0475. The van der Waals surface area contributed by atoms with Crippen molar-refractivity contribution in [1.82, 2.24) is 24.5 Å². The van der Waals surface area contributed by atoms with E-state index in [9.17, 15) is 9.59 Å². The van der Waals surface area contributed by atoms with E-state index in [0.717, 1.165) is 11.4 Å². The molecule has 0 atom stereocenters. The van der Waals surface area contributed by atoms with Gasteiger partial charge < -0.3 is 10.2 Å². The van der Waals surface area contributed by atoms with E-state index < -0.39 is 0 Å². The summed E-state index contributed by atoms with van der Waals surface area (Å²) in [4.78, 5) is 31.0. The van der Waals surface area contributed by atoms with Crippen molar-refractivity contribution < 1.29 is 9.59 Å². The molecule has 0 fully saturated rings. The second-order valence-corrected chi connectivity index (χ2v) is 7.49. The van der Waals surface area contributed by atoms with Gasteiger partial charge in [0.25, 0.3) is 11.7 Å². The van der Waals surface area contributed by atoms with Gasteiger partial charge in [-0.2, -0.15) is 0 Å². The van der Waals surface area contributed by atoms with Crippen LogP contribution in [0.15, 0.2) is 35.5 Å². The topological polar surface area (TPSA) is 92.5 Å². The first-order valence-corrected chi connectivity index (χ1v) is 10.4. The number of hydrogen-bond acceptors (Lipinski definition) is 6. The summed E-state index contributed by atoms with van der Waals surface area (Å²) < 4.78 is 1.83. The van der Waals surface area contributed by atoms with Gasteiger partial charge in [-0.15, -0.1) is 10.2 Å². The van der Waals surface area contributed by atoms with Crippen molar-refractivity contribution in [2.75, 3.05) is 24.2 Å². The molecule has 0 radical (unpaired) electrons. The molecule has 3 aromatic rings. The van der Waals surface area contributed by atoms with Crippen LogP contribution in [-0.4, -0.2) is 55.1 Å². The van der Waals surface area contributed by atoms with E-state index in [4.69, 9.17) is 0 Å². The number of carbonyl (C=O) groups excluding carboxylic acids is 2. The molecular weight excluding hydrogens is 388 g/mol. The normalized spacial score (nSPS) is 10.9. The van der Waals surface area contributed by atoms with Crippen molar-refractivity contribution in [1.29, 1.82) is 0 Å². The van der Waals surface area contributed by atoms with Crippen molar-refractivity contribution in [2.24, 2.45) is 0 Å². The molecule has 29 heavy (non-hydrogen) atoms. The first-order valence-electron chi connectivity index (χ1n) is 9.44. The number of rotatable bonds is 7. The van der Waals surface area contributed by atoms with Crippen molar-refractivity contribution in [3.05, 3.63) is 47.3 Å². The van der Waals surface area contributed by atoms with Gasteiger partial charge in [-0.05, 0) is 52.0 Å². The van der Waals surface area contributed by atoms with Gasteiger partial charge in [-0.3, -0.25) is 14.0 Å². The van der Waals surface area contributed by atoms with Gasteiger partial charge in [-0.25, -0.2) is 4.98 Å². The van der Waals surface area contributed by atoms with Gasteiger partial charge >= 0.3 is 0 Å². The average molecular weight is 413 g/mol. The Hall–Kier alpha value is -2.94. The van der Waals surface area contributed by atoms with E-state index in [1.54, 1.807) is 29.2 Å². The first-order chi connectivity index (χ1) is 13.9. The summed E-state index contributed by atoms with van der Waals surface area (Å²) in [6.07, 6.45) is 0. The van der Waals surface area contributed by atoms with Crippen molar-refractivity contribution >= 4 is 35.0 Å².